The highest BCUT2D eigenvalue weighted by Gasteiger charge is 2.40. The van der Waals surface area contributed by atoms with Crippen LogP contribution in [0.1, 0.15) is 36.5 Å². The van der Waals surface area contributed by atoms with Crippen molar-refractivity contribution in [2.75, 3.05) is 13.2 Å². The zero-order chi connectivity index (χ0) is 12.5. The molecule has 0 N–H and O–H groups in total. The standard InChI is InChI=1S/C14H18N2O2/c1-2-18-13-8-11(5-6-15-13)14(17)16-9-10-3-4-12(16)7-10/h5-6,8,10,12H,2-4,7,9H2,1H3. The van der Waals surface area contributed by atoms with Gasteiger partial charge in [0.15, 0.2) is 0 Å². The third kappa shape index (κ3) is 1.96. The Kier molecular flexibility index (Phi) is 2.94. The first-order chi connectivity index (χ1) is 8.78. The summed E-state index contributed by atoms with van der Waals surface area (Å²) >= 11 is 0. The summed E-state index contributed by atoms with van der Waals surface area (Å²) in [7, 11) is 0. The number of amides is 1. The van der Waals surface area contributed by atoms with Gasteiger partial charge in [0.05, 0.1) is 6.61 Å². The van der Waals surface area contributed by atoms with Crippen LogP contribution in [0, 0.1) is 5.92 Å². The van der Waals surface area contributed by atoms with E-state index >= 15 is 0 Å². The fourth-order valence-corrected chi connectivity index (χ4v) is 3.11. The lowest BCUT2D eigenvalue weighted by atomic mass is 10.1. The summed E-state index contributed by atoms with van der Waals surface area (Å²) in [5.74, 6) is 1.39. The third-order valence-corrected chi connectivity index (χ3v) is 3.94. The summed E-state index contributed by atoms with van der Waals surface area (Å²) < 4.78 is 5.34. The summed E-state index contributed by atoms with van der Waals surface area (Å²) in [5.41, 5.74) is 0.695. The molecule has 1 saturated carbocycles. The lowest BCUT2D eigenvalue weighted by molar-refractivity contribution is 0.0703. The van der Waals surface area contributed by atoms with E-state index in [-0.39, 0.29) is 5.91 Å². The summed E-state index contributed by atoms with van der Waals surface area (Å²) in [4.78, 5) is 18.6. The first kappa shape index (κ1) is 11.5. The molecule has 2 atom stereocenters. The van der Waals surface area contributed by atoms with Crippen LogP contribution < -0.4 is 4.74 Å². The number of ether oxygens (including phenoxy) is 1. The summed E-state index contributed by atoms with van der Waals surface area (Å²) in [6.07, 6.45) is 5.29. The van der Waals surface area contributed by atoms with Crippen LogP contribution >= 0.6 is 0 Å². The highest BCUT2D eigenvalue weighted by molar-refractivity contribution is 5.94. The number of hydrogen-bond donors (Lipinski definition) is 0. The summed E-state index contributed by atoms with van der Waals surface area (Å²) in [6, 6.07) is 3.99. The largest absolute Gasteiger partial charge is 0.478 e. The van der Waals surface area contributed by atoms with Crippen molar-refractivity contribution < 1.29 is 9.53 Å². The van der Waals surface area contributed by atoms with Gasteiger partial charge in [-0.2, -0.15) is 0 Å². The topological polar surface area (TPSA) is 42.4 Å². The van der Waals surface area contributed by atoms with Gasteiger partial charge in [-0.3, -0.25) is 4.79 Å². The SMILES string of the molecule is CCOc1cc(C(=O)N2CC3CCC2C3)ccn1. The van der Waals surface area contributed by atoms with Crippen LogP contribution in [0.15, 0.2) is 18.3 Å². The molecular formula is C14H18N2O2. The first-order valence-corrected chi connectivity index (χ1v) is 6.67. The Morgan fingerprint density at radius 3 is 3.11 bits per heavy atom. The van der Waals surface area contributed by atoms with E-state index in [2.05, 4.69) is 4.98 Å². The van der Waals surface area contributed by atoms with Crippen molar-refractivity contribution in [1.82, 2.24) is 9.88 Å². The number of likely N-dealkylation sites (tertiary alicyclic amines) is 1. The molecule has 0 aromatic carbocycles. The van der Waals surface area contributed by atoms with Gasteiger partial charge in [0, 0.05) is 30.4 Å². The predicted octanol–water partition coefficient (Wildman–Crippen LogP) is 2.10. The van der Waals surface area contributed by atoms with Crippen LogP contribution in [0.4, 0.5) is 0 Å². The van der Waals surface area contributed by atoms with Crippen LogP contribution in [0.25, 0.3) is 0 Å². The maximum atomic E-state index is 12.4. The van der Waals surface area contributed by atoms with Crippen LogP contribution in [-0.2, 0) is 0 Å². The molecular weight excluding hydrogens is 228 g/mol. The van der Waals surface area contributed by atoms with Gasteiger partial charge in [0.25, 0.3) is 5.91 Å². The molecule has 1 saturated heterocycles. The number of hydrogen-bond acceptors (Lipinski definition) is 3. The van der Waals surface area contributed by atoms with E-state index in [4.69, 9.17) is 4.74 Å². The van der Waals surface area contributed by atoms with Crippen LogP contribution in [0.2, 0.25) is 0 Å². The van der Waals surface area contributed by atoms with Crippen LogP contribution in [-0.4, -0.2) is 35.0 Å². The molecule has 96 valence electrons. The van der Waals surface area contributed by atoms with Crippen molar-refractivity contribution in [3.8, 4) is 5.88 Å². The molecule has 1 aliphatic heterocycles. The second-order valence-corrected chi connectivity index (χ2v) is 5.11. The minimum Gasteiger partial charge on any atom is -0.478 e. The predicted molar refractivity (Wildman–Crippen MR) is 67.6 cm³/mol. The van der Waals surface area contributed by atoms with Crippen molar-refractivity contribution in [3.05, 3.63) is 23.9 Å². The molecule has 1 aromatic heterocycles. The molecule has 1 amide bonds. The number of pyridine rings is 1. The molecule has 4 heteroatoms. The zero-order valence-corrected chi connectivity index (χ0v) is 10.6. The molecule has 0 radical (unpaired) electrons. The fraction of sp³-hybridized carbons (Fsp3) is 0.571. The molecule has 2 aliphatic rings. The second kappa shape index (κ2) is 4.59. The lowest BCUT2D eigenvalue weighted by Gasteiger charge is -2.27. The number of nitrogens with zero attached hydrogens (tertiary/aromatic N) is 2. The highest BCUT2D eigenvalue weighted by atomic mass is 16.5. The van der Waals surface area contributed by atoms with Crippen molar-refractivity contribution >= 4 is 5.91 Å². The number of piperidine rings is 1. The van der Waals surface area contributed by atoms with Gasteiger partial charge in [-0.05, 0) is 38.2 Å². The van der Waals surface area contributed by atoms with E-state index in [1.54, 1.807) is 18.3 Å². The minimum absolute atomic E-state index is 0.130. The lowest BCUT2D eigenvalue weighted by Crippen LogP contribution is -2.37. The van der Waals surface area contributed by atoms with E-state index in [1.165, 1.54) is 19.3 Å². The number of rotatable bonds is 3. The Balaban J connectivity index is 1.77. The smallest absolute Gasteiger partial charge is 0.254 e. The van der Waals surface area contributed by atoms with Gasteiger partial charge >= 0.3 is 0 Å². The Hall–Kier alpha value is -1.58. The zero-order valence-electron chi connectivity index (χ0n) is 10.6. The van der Waals surface area contributed by atoms with Crippen molar-refractivity contribution in [3.63, 3.8) is 0 Å². The van der Waals surface area contributed by atoms with E-state index in [1.807, 2.05) is 11.8 Å². The van der Waals surface area contributed by atoms with E-state index in [9.17, 15) is 4.79 Å². The third-order valence-electron chi connectivity index (χ3n) is 3.94. The van der Waals surface area contributed by atoms with Gasteiger partial charge in [0.2, 0.25) is 5.88 Å². The molecule has 3 rings (SSSR count). The molecule has 2 bridgehead atoms. The second-order valence-electron chi connectivity index (χ2n) is 5.11. The average molecular weight is 246 g/mol. The van der Waals surface area contributed by atoms with Crippen molar-refractivity contribution in [2.45, 2.75) is 32.2 Å². The number of carbonyl (C=O) groups is 1. The van der Waals surface area contributed by atoms with E-state index < -0.39 is 0 Å². The van der Waals surface area contributed by atoms with Crippen molar-refractivity contribution in [1.29, 1.82) is 0 Å². The summed E-state index contributed by atoms with van der Waals surface area (Å²) in [5, 5.41) is 0. The Morgan fingerprint density at radius 1 is 1.56 bits per heavy atom. The Morgan fingerprint density at radius 2 is 2.44 bits per heavy atom. The van der Waals surface area contributed by atoms with Crippen molar-refractivity contribution in [2.24, 2.45) is 5.92 Å². The number of fused-ring (bicyclic) bond motifs is 2. The molecule has 0 spiro atoms. The van der Waals surface area contributed by atoms with Crippen LogP contribution in [0.3, 0.4) is 0 Å². The Bertz CT molecular complexity index is 461. The van der Waals surface area contributed by atoms with E-state index in [0.717, 1.165) is 12.5 Å². The summed E-state index contributed by atoms with van der Waals surface area (Å²) in [6.45, 7) is 3.41. The van der Waals surface area contributed by atoms with Gasteiger partial charge in [0.1, 0.15) is 0 Å². The van der Waals surface area contributed by atoms with Gasteiger partial charge in [-0.15, -0.1) is 0 Å². The monoisotopic (exact) mass is 246 g/mol. The molecule has 2 heterocycles. The van der Waals surface area contributed by atoms with Gasteiger partial charge < -0.3 is 9.64 Å². The van der Waals surface area contributed by atoms with E-state index in [0.29, 0.717) is 24.1 Å². The molecule has 4 nitrogen and oxygen atoms in total. The quantitative estimate of drug-likeness (QED) is 0.820. The normalized spacial score (nSPS) is 25.5. The molecule has 2 fully saturated rings. The molecule has 1 aliphatic carbocycles. The minimum atomic E-state index is 0.130. The molecule has 18 heavy (non-hydrogen) atoms. The number of aromatic nitrogens is 1. The Labute approximate surface area is 107 Å². The maximum absolute atomic E-state index is 12.4. The molecule has 1 aromatic rings. The fourth-order valence-electron chi connectivity index (χ4n) is 3.11. The number of carbonyl (C=O) groups excluding carboxylic acids is 1. The average Bonchev–Trinajstić information content (AvgIpc) is 3.01. The maximum Gasteiger partial charge on any atom is 0.254 e. The van der Waals surface area contributed by atoms with Crippen LogP contribution in [0.5, 0.6) is 5.88 Å². The van der Waals surface area contributed by atoms with Gasteiger partial charge in [-0.1, -0.05) is 0 Å². The highest BCUT2D eigenvalue weighted by Crippen LogP contribution is 2.38. The first-order valence-electron chi connectivity index (χ1n) is 6.67. The van der Waals surface area contributed by atoms with Gasteiger partial charge in [-0.25, -0.2) is 4.98 Å². The molecule has 2 unspecified atom stereocenters.